The van der Waals surface area contributed by atoms with Crippen molar-refractivity contribution >= 4 is 5.97 Å². The summed E-state index contributed by atoms with van der Waals surface area (Å²) in [5, 5.41) is 15.9. The number of aromatic amines is 1. The van der Waals surface area contributed by atoms with Crippen LogP contribution in [0.1, 0.15) is 16.1 Å². The van der Waals surface area contributed by atoms with Gasteiger partial charge < -0.3 is 15.6 Å². The summed E-state index contributed by atoms with van der Waals surface area (Å²) in [4.78, 5) is 11.2. The maximum atomic E-state index is 11.2. The smallest absolute Gasteiger partial charge is 0.339 e. The molecule has 4 N–H and O–H groups in total. The lowest BCUT2D eigenvalue weighted by molar-refractivity contribution is 0.0697. The van der Waals surface area contributed by atoms with Crippen molar-refractivity contribution in [2.24, 2.45) is 5.73 Å². The van der Waals surface area contributed by atoms with Crippen LogP contribution in [-0.2, 0) is 0 Å². The highest BCUT2D eigenvalue weighted by Gasteiger charge is 2.18. The fourth-order valence-electron chi connectivity index (χ4n) is 1.81. The van der Waals surface area contributed by atoms with E-state index in [9.17, 15) is 9.90 Å². The third-order valence-electron chi connectivity index (χ3n) is 2.66. The third kappa shape index (κ3) is 2.74. The number of ether oxygens (including phenoxy) is 1. The minimum absolute atomic E-state index is 0.177. The second-order valence-electron chi connectivity index (χ2n) is 4.04. The largest absolute Gasteiger partial charge is 0.492 e. The average molecular weight is 261 g/mol. The minimum Gasteiger partial charge on any atom is -0.492 e. The van der Waals surface area contributed by atoms with Crippen LogP contribution in [0.4, 0.5) is 0 Å². The number of nitrogens with zero attached hydrogens (tertiary/aromatic N) is 1. The first-order valence-electron chi connectivity index (χ1n) is 5.85. The zero-order valence-corrected chi connectivity index (χ0v) is 10.5. The van der Waals surface area contributed by atoms with Crippen molar-refractivity contribution in [2.75, 3.05) is 13.2 Å². The maximum Gasteiger partial charge on any atom is 0.339 e. The molecule has 0 amide bonds. The average Bonchev–Trinajstić information content (AvgIpc) is 2.79. The van der Waals surface area contributed by atoms with Crippen molar-refractivity contribution in [3.8, 4) is 17.0 Å². The Morgan fingerprint density at radius 2 is 2.32 bits per heavy atom. The molecular formula is C13H15N3O3. The van der Waals surface area contributed by atoms with E-state index >= 15 is 0 Å². The molecule has 0 unspecified atom stereocenters. The third-order valence-corrected chi connectivity index (χ3v) is 2.66. The van der Waals surface area contributed by atoms with Crippen molar-refractivity contribution in [3.05, 3.63) is 35.5 Å². The van der Waals surface area contributed by atoms with Gasteiger partial charge >= 0.3 is 5.97 Å². The maximum absolute atomic E-state index is 11.2. The van der Waals surface area contributed by atoms with Gasteiger partial charge in [0.05, 0.1) is 0 Å². The predicted molar refractivity (Wildman–Crippen MR) is 70.3 cm³/mol. The fourth-order valence-corrected chi connectivity index (χ4v) is 1.81. The number of nitrogens with one attached hydrogen (secondary N) is 1. The van der Waals surface area contributed by atoms with Crippen LogP contribution in [0, 0.1) is 6.92 Å². The van der Waals surface area contributed by atoms with Gasteiger partial charge in [-0.15, -0.1) is 0 Å². The van der Waals surface area contributed by atoms with E-state index in [1.54, 1.807) is 31.2 Å². The monoisotopic (exact) mass is 261 g/mol. The van der Waals surface area contributed by atoms with Gasteiger partial charge in [0.1, 0.15) is 23.6 Å². The number of H-pyrrole nitrogens is 1. The van der Waals surface area contributed by atoms with Crippen LogP contribution in [0.5, 0.6) is 5.75 Å². The number of hydrogen-bond acceptors (Lipinski definition) is 4. The van der Waals surface area contributed by atoms with Gasteiger partial charge in [-0.3, -0.25) is 5.10 Å². The molecule has 6 nitrogen and oxygen atoms in total. The van der Waals surface area contributed by atoms with Crippen LogP contribution in [-0.4, -0.2) is 34.4 Å². The lowest BCUT2D eigenvalue weighted by Crippen LogP contribution is -2.10. The SMILES string of the molecule is Cc1[nH]nc(-c2cccc(OCCN)c2)c1C(=O)O. The standard InChI is InChI=1S/C13H15N3O3/c1-8-11(13(17)18)12(16-15-8)9-3-2-4-10(7-9)19-6-5-14/h2-4,7H,5-6,14H2,1H3,(H,15,16)(H,17,18). The molecule has 0 aliphatic heterocycles. The molecule has 1 aromatic heterocycles. The highest BCUT2D eigenvalue weighted by molar-refractivity contribution is 5.96. The number of carboxylic acid groups (broad SMARTS) is 1. The fraction of sp³-hybridized carbons (Fsp3) is 0.231. The van der Waals surface area contributed by atoms with Crippen LogP contribution < -0.4 is 10.5 Å². The topological polar surface area (TPSA) is 101 Å². The Kier molecular flexibility index (Phi) is 3.82. The molecule has 0 saturated heterocycles. The Balaban J connectivity index is 2.39. The van der Waals surface area contributed by atoms with Gasteiger partial charge in [-0.25, -0.2) is 4.79 Å². The summed E-state index contributed by atoms with van der Waals surface area (Å²) in [6, 6.07) is 7.12. The molecule has 0 aliphatic carbocycles. The van der Waals surface area contributed by atoms with E-state index in [1.165, 1.54) is 0 Å². The Morgan fingerprint density at radius 3 is 3.00 bits per heavy atom. The summed E-state index contributed by atoms with van der Waals surface area (Å²) >= 11 is 0. The molecule has 19 heavy (non-hydrogen) atoms. The number of nitrogens with two attached hydrogens (primary N) is 1. The van der Waals surface area contributed by atoms with E-state index in [0.29, 0.717) is 35.9 Å². The van der Waals surface area contributed by atoms with Crippen molar-refractivity contribution in [2.45, 2.75) is 6.92 Å². The summed E-state index contributed by atoms with van der Waals surface area (Å²) < 4.78 is 5.41. The van der Waals surface area contributed by atoms with E-state index in [-0.39, 0.29) is 5.56 Å². The number of carboxylic acids is 1. The van der Waals surface area contributed by atoms with Crippen molar-refractivity contribution < 1.29 is 14.6 Å². The number of carbonyl (C=O) groups is 1. The second kappa shape index (κ2) is 5.53. The van der Waals surface area contributed by atoms with Gasteiger partial charge in [0.15, 0.2) is 0 Å². The Morgan fingerprint density at radius 1 is 1.53 bits per heavy atom. The first kappa shape index (κ1) is 13.1. The second-order valence-corrected chi connectivity index (χ2v) is 4.04. The first-order valence-corrected chi connectivity index (χ1v) is 5.85. The zero-order valence-electron chi connectivity index (χ0n) is 10.5. The number of aromatic nitrogens is 2. The molecule has 0 radical (unpaired) electrons. The van der Waals surface area contributed by atoms with Gasteiger partial charge in [0, 0.05) is 17.8 Å². The van der Waals surface area contributed by atoms with Crippen LogP contribution in [0.15, 0.2) is 24.3 Å². The lowest BCUT2D eigenvalue weighted by Gasteiger charge is -2.06. The molecule has 6 heteroatoms. The highest BCUT2D eigenvalue weighted by atomic mass is 16.5. The summed E-state index contributed by atoms with van der Waals surface area (Å²) in [5.74, 6) is -0.366. The van der Waals surface area contributed by atoms with Gasteiger partial charge in [-0.1, -0.05) is 12.1 Å². The molecule has 1 aromatic carbocycles. The molecule has 1 heterocycles. The van der Waals surface area contributed by atoms with Gasteiger partial charge in [-0.2, -0.15) is 5.10 Å². The minimum atomic E-state index is -1.01. The molecule has 0 atom stereocenters. The first-order chi connectivity index (χ1) is 9.13. The van der Waals surface area contributed by atoms with Crippen molar-refractivity contribution in [1.82, 2.24) is 10.2 Å². The summed E-state index contributed by atoms with van der Waals surface area (Å²) in [6.07, 6.45) is 0. The van der Waals surface area contributed by atoms with E-state index in [0.717, 1.165) is 0 Å². The van der Waals surface area contributed by atoms with Crippen LogP contribution in [0.3, 0.4) is 0 Å². The molecule has 0 aliphatic rings. The van der Waals surface area contributed by atoms with Crippen molar-refractivity contribution in [3.63, 3.8) is 0 Å². The highest BCUT2D eigenvalue weighted by Crippen LogP contribution is 2.26. The normalized spacial score (nSPS) is 10.4. The molecule has 100 valence electrons. The summed E-state index contributed by atoms with van der Waals surface area (Å²) in [5.41, 5.74) is 7.17. The number of hydrogen-bond donors (Lipinski definition) is 3. The molecule has 0 spiro atoms. The van der Waals surface area contributed by atoms with E-state index < -0.39 is 5.97 Å². The van der Waals surface area contributed by atoms with Gasteiger partial charge in [0.2, 0.25) is 0 Å². The van der Waals surface area contributed by atoms with Crippen LogP contribution in [0.2, 0.25) is 0 Å². The molecule has 2 rings (SSSR count). The Labute approximate surface area is 110 Å². The molecule has 0 fully saturated rings. The van der Waals surface area contributed by atoms with E-state index in [2.05, 4.69) is 10.2 Å². The van der Waals surface area contributed by atoms with Crippen LogP contribution in [0.25, 0.3) is 11.3 Å². The van der Waals surface area contributed by atoms with E-state index in [4.69, 9.17) is 10.5 Å². The molecule has 2 aromatic rings. The molecule has 0 bridgehead atoms. The van der Waals surface area contributed by atoms with Gasteiger partial charge in [-0.05, 0) is 19.1 Å². The summed E-state index contributed by atoms with van der Waals surface area (Å²) in [7, 11) is 0. The lowest BCUT2D eigenvalue weighted by atomic mass is 10.1. The number of rotatable bonds is 5. The Bertz CT molecular complexity index is 593. The zero-order chi connectivity index (χ0) is 13.8. The van der Waals surface area contributed by atoms with Crippen LogP contribution >= 0.6 is 0 Å². The quantitative estimate of drug-likeness (QED) is 0.755. The molecular weight excluding hydrogens is 246 g/mol. The predicted octanol–water partition coefficient (Wildman–Crippen LogP) is 1.42. The van der Waals surface area contributed by atoms with Gasteiger partial charge in [0.25, 0.3) is 0 Å². The number of aryl methyl sites for hydroxylation is 1. The number of benzene rings is 1. The van der Waals surface area contributed by atoms with E-state index in [1.807, 2.05) is 0 Å². The number of aromatic carboxylic acids is 1. The molecule has 0 saturated carbocycles. The Hall–Kier alpha value is -2.34. The summed E-state index contributed by atoms with van der Waals surface area (Å²) in [6.45, 7) is 2.51. The van der Waals surface area contributed by atoms with Crippen molar-refractivity contribution in [1.29, 1.82) is 0 Å².